The second kappa shape index (κ2) is 5.46. The monoisotopic (exact) mass is 225 g/mol. The van der Waals surface area contributed by atoms with Crippen LogP contribution in [-0.2, 0) is 9.59 Å². The van der Waals surface area contributed by atoms with E-state index in [1.807, 2.05) is 13.8 Å². The van der Waals surface area contributed by atoms with Gasteiger partial charge in [0.05, 0.1) is 6.54 Å². The fourth-order valence-corrected chi connectivity index (χ4v) is 1.97. The maximum atomic E-state index is 11.8. The lowest BCUT2D eigenvalue weighted by atomic mass is 9.95. The van der Waals surface area contributed by atoms with Crippen molar-refractivity contribution in [3.8, 4) is 0 Å². The van der Waals surface area contributed by atoms with Crippen LogP contribution in [0.3, 0.4) is 0 Å². The summed E-state index contributed by atoms with van der Waals surface area (Å²) in [6.07, 6.45) is 1.47. The van der Waals surface area contributed by atoms with E-state index in [9.17, 15) is 9.59 Å². The average molecular weight is 225 g/mol. The number of hydrogen-bond acceptors (Lipinski definition) is 2. The first-order valence-electron chi connectivity index (χ1n) is 6.26. The fourth-order valence-electron chi connectivity index (χ4n) is 1.97. The maximum Gasteiger partial charge on any atom is 0.223 e. The summed E-state index contributed by atoms with van der Waals surface area (Å²) in [6.45, 7) is 9.29. The van der Waals surface area contributed by atoms with E-state index < -0.39 is 0 Å². The van der Waals surface area contributed by atoms with E-state index in [0.29, 0.717) is 24.8 Å². The lowest BCUT2D eigenvalue weighted by Crippen LogP contribution is -2.33. The van der Waals surface area contributed by atoms with Gasteiger partial charge in [0.1, 0.15) is 0 Å². The first kappa shape index (κ1) is 13.2. The van der Waals surface area contributed by atoms with Gasteiger partial charge in [0.2, 0.25) is 5.91 Å². The lowest BCUT2D eigenvalue weighted by molar-refractivity contribution is -0.133. The minimum Gasteiger partial charge on any atom is -0.335 e. The van der Waals surface area contributed by atoms with Crippen molar-refractivity contribution in [2.45, 2.75) is 40.5 Å². The molecule has 0 aliphatic carbocycles. The second-order valence-corrected chi connectivity index (χ2v) is 5.26. The number of hydrogen-bond donors (Lipinski definition) is 0. The molecule has 2 unspecified atom stereocenters. The standard InChI is InChI=1S/C13H23NO2/c1-5-10(4)12(15)8-14-7-11(9(2)3)6-13(14)16/h9-11H,5-8H2,1-4H3. The van der Waals surface area contributed by atoms with E-state index in [-0.39, 0.29) is 17.6 Å². The molecule has 1 fully saturated rings. The molecular weight excluding hydrogens is 202 g/mol. The number of rotatable bonds is 5. The Kier molecular flexibility index (Phi) is 4.51. The molecule has 0 aromatic rings. The first-order valence-corrected chi connectivity index (χ1v) is 6.26. The van der Waals surface area contributed by atoms with Crippen molar-refractivity contribution in [1.29, 1.82) is 0 Å². The van der Waals surface area contributed by atoms with E-state index >= 15 is 0 Å². The molecule has 16 heavy (non-hydrogen) atoms. The van der Waals surface area contributed by atoms with Crippen molar-refractivity contribution < 1.29 is 9.59 Å². The SMILES string of the molecule is CCC(C)C(=O)CN1CC(C(C)C)CC1=O. The Morgan fingerprint density at radius 2 is 2.06 bits per heavy atom. The van der Waals surface area contributed by atoms with Crippen molar-refractivity contribution in [2.75, 3.05) is 13.1 Å². The van der Waals surface area contributed by atoms with Gasteiger partial charge in [-0.2, -0.15) is 0 Å². The van der Waals surface area contributed by atoms with Crippen molar-refractivity contribution >= 4 is 11.7 Å². The highest BCUT2D eigenvalue weighted by atomic mass is 16.2. The number of nitrogens with zero attached hydrogens (tertiary/aromatic N) is 1. The predicted octanol–water partition coefficient (Wildman–Crippen LogP) is 2.11. The van der Waals surface area contributed by atoms with Crippen LogP contribution in [0.2, 0.25) is 0 Å². The summed E-state index contributed by atoms with van der Waals surface area (Å²) in [5, 5.41) is 0. The zero-order valence-electron chi connectivity index (χ0n) is 10.8. The van der Waals surface area contributed by atoms with Crippen LogP contribution >= 0.6 is 0 Å². The number of carbonyl (C=O) groups excluding carboxylic acids is 2. The zero-order valence-corrected chi connectivity index (χ0v) is 10.8. The molecule has 1 saturated heterocycles. The molecule has 0 aromatic heterocycles. The third-order valence-electron chi connectivity index (χ3n) is 3.70. The summed E-state index contributed by atoms with van der Waals surface area (Å²) >= 11 is 0. The second-order valence-electron chi connectivity index (χ2n) is 5.26. The molecule has 3 heteroatoms. The Balaban J connectivity index is 2.50. The van der Waals surface area contributed by atoms with Crippen LogP contribution in [0, 0.1) is 17.8 Å². The van der Waals surface area contributed by atoms with Gasteiger partial charge in [-0.05, 0) is 18.3 Å². The molecule has 0 N–H and O–H groups in total. The third-order valence-corrected chi connectivity index (χ3v) is 3.70. The van der Waals surface area contributed by atoms with E-state index in [1.165, 1.54) is 0 Å². The summed E-state index contributed by atoms with van der Waals surface area (Å²) in [6, 6.07) is 0. The summed E-state index contributed by atoms with van der Waals surface area (Å²) in [5.41, 5.74) is 0. The number of likely N-dealkylation sites (tertiary alicyclic amines) is 1. The van der Waals surface area contributed by atoms with Gasteiger partial charge in [-0.3, -0.25) is 9.59 Å². The summed E-state index contributed by atoms with van der Waals surface area (Å²) < 4.78 is 0. The number of Topliss-reactive ketones (excluding diaryl/α,β-unsaturated/α-hetero) is 1. The number of amides is 1. The molecule has 0 aromatic carbocycles. The Labute approximate surface area is 98.2 Å². The van der Waals surface area contributed by atoms with Gasteiger partial charge in [0.25, 0.3) is 0 Å². The topological polar surface area (TPSA) is 37.4 Å². The molecule has 1 rings (SSSR count). The molecule has 0 radical (unpaired) electrons. The highest BCUT2D eigenvalue weighted by molar-refractivity contribution is 5.88. The van der Waals surface area contributed by atoms with Crippen molar-refractivity contribution in [1.82, 2.24) is 4.90 Å². The smallest absolute Gasteiger partial charge is 0.223 e. The highest BCUT2D eigenvalue weighted by Crippen LogP contribution is 2.24. The molecule has 0 bridgehead atoms. The molecular formula is C13H23NO2. The van der Waals surface area contributed by atoms with Crippen LogP contribution < -0.4 is 0 Å². The van der Waals surface area contributed by atoms with Crippen LogP contribution in [0.25, 0.3) is 0 Å². The minimum absolute atomic E-state index is 0.0749. The van der Waals surface area contributed by atoms with Gasteiger partial charge < -0.3 is 4.90 Å². The van der Waals surface area contributed by atoms with Gasteiger partial charge in [0.15, 0.2) is 5.78 Å². The van der Waals surface area contributed by atoms with E-state index in [2.05, 4.69) is 13.8 Å². The van der Waals surface area contributed by atoms with Crippen LogP contribution in [0.4, 0.5) is 0 Å². The number of carbonyl (C=O) groups is 2. The fraction of sp³-hybridized carbons (Fsp3) is 0.846. The quantitative estimate of drug-likeness (QED) is 0.718. The minimum atomic E-state index is 0.0749. The molecule has 1 aliphatic heterocycles. The van der Waals surface area contributed by atoms with Crippen molar-refractivity contribution in [2.24, 2.45) is 17.8 Å². The Morgan fingerprint density at radius 3 is 2.50 bits per heavy atom. The summed E-state index contributed by atoms with van der Waals surface area (Å²) in [5.74, 6) is 1.37. The molecule has 3 nitrogen and oxygen atoms in total. The Bertz CT molecular complexity index is 273. The van der Waals surface area contributed by atoms with Gasteiger partial charge in [0, 0.05) is 18.9 Å². The van der Waals surface area contributed by atoms with Gasteiger partial charge in [-0.15, -0.1) is 0 Å². The molecule has 1 heterocycles. The first-order chi connectivity index (χ1) is 7.45. The van der Waals surface area contributed by atoms with Crippen LogP contribution in [-0.4, -0.2) is 29.7 Å². The molecule has 0 saturated carbocycles. The van der Waals surface area contributed by atoms with Crippen LogP contribution in [0.1, 0.15) is 40.5 Å². The van der Waals surface area contributed by atoms with Gasteiger partial charge in [-0.1, -0.05) is 27.7 Å². The normalized spacial score (nSPS) is 22.9. The van der Waals surface area contributed by atoms with E-state index in [1.54, 1.807) is 4.90 Å². The molecule has 1 amide bonds. The Morgan fingerprint density at radius 1 is 1.44 bits per heavy atom. The van der Waals surface area contributed by atoms with E-state index in [4.69, 9.17) is 0 Å². The van der Waals surface area contributed by atoms with Crippen molar-refractivity contribution in [3.63, 3.8) is 0 Å². The molecule has 1 aliphatic rings. The zero-order chi connectivity index (χ0) is 12.3. The maximum absolute atomic E-state index is 11.8. The third kappa shape index (κ3) is 3.06. The molecule has 92 valence electrons. The van der Waals surface area contributed by atoms with E-state index in [0.717, 1.165) is 13.0 Å². The lowest BCUT2D eigenvalue weighted by Gasteiger charge is -2.19. The van der Waals surface area contributed by atoms with Gasteiger partial charge >= 0.3 is 0 Å². The van der Waals surface area contributed by atoms with Crippen molar-refractivity contribution in [3.05, 3.63) is 0 Å². The van der Waals surface area contributed by atoms with Crippen LogP contribution in [0.15, 0.2) is 0 Å². The van der Waals surface area contributed by atoms with Gasteiger partial charge in [-0.25, -0.2) is 0 Å². The summed E-state index contributed by atoms with van der Waals surface area (Å²) in [4.78, 5) is 25.2. The van der Waals surface area contributed by atoms with Crippen LogP contribution in [0.5, 0.6) is 0 Å². The highest BCUT2D eigenvalue weighted by Gasteiger charge is 2.32. The average Bonchev–Trinajstić information content (AvgIpc) is 2.59. The Hall–Kier alpha value is -0.860. The molecule has 0 spiro atoms. The predicted molar refractivity (Wildman–Crippen MR) is 64.0 cm³/mol. The largest absolute Gasteiger partial charge is 0.335 e. The number of ketones is 1. The molecule has 2 atom stereocenters. The summed E-state index contributed by atoms with van der Waals surface area (Å²) in [7, 11) is 0.